The van der Waals surface area contributed by atoms with Crippen molar-refractivity contribution in [2.45, 2.75) is 12.3 Å². The fourth-order valence-corrected chi connectivity index (χ4v) is 1.03. The summed E-state index contributed by atoms with van der Waals surface area (Å²) >= 11 is 5.38. The Bertz CT molecular complexity index is 360. The molecule has 0 aromatic carbocycles. The lowest BCUT2D eigenvalue weighted by Crippen LogP contribution is -1.98. The van der Waals surface area contributed by atoms with Gasteiger partial charge in [0.1, 0.15) is 0 Å². The molecule has 0 aliphatic heterocycles. The largest absolute Gasteiger partial charge is 0.364 e. The summed E-state index contributed by atoms with van der Waals surface area (Å²) in [6.07, 6.45) is -2.84. The summed E-state index contributed by atoms with van der Waals surface area (Å²) in [5.41, 5.74) is -0.376. The predicted molar refractivity (Wildman–Crippen MR) is 45.4 cm³/mol. The molecule has 0 amide bonds. The van der Waals surface area contributed by atoms with Crippen molar-refractivity contribution in [3.05, 3.63) is 33.5 Å². The highest BCUT2D eigenvalue weighted by molar-refractivity contribution is 6.17. The van der Waals surface area contributed by atoms with Crippen molar-refractivity contribution in [1.82, 2.24) is 4.98 Å². The van der Waals surface area contributed by atoms with Gasteiger partial charge in [-0.2, -0.15) is 0 Å². The number of nitrogens with zero attached hydrogens (tertiary/aromatic N) is 2. The van der Waals surface area contributed by atoms with Crippen LogP contribution in [0.2, 0.25) is 0 Å². The molecule has 0 spiro atoms. The van der Waals surface area contributed by atoms with Crippen LogP contribution in [0, 0.1) is 10.1 Å². The third-order valence-electron chi connectivity index (χ3n) is 1.46. The zero-order valence-electron chi connectivity index (χ0n) is 6.78. The predicted octanol–water partition coefficient (Wildman–Crippen LogP) is 2.67. The van der Waals surface area contributed by atoms with Gasteiger partial charge < -0.3 is 10.1 Å². The molecule has 1 heterocycles. The highest BCUT2D eigenvalue weighted by atomic mass is 35.5. The first-order valence-corrected chi connectivity index (χ1v) is 4.07. The molecule has 0 N–H and O–H groups in total. The molecule has 7 heteroatoms. The van der Waals surface area contributed by atoms with Crippen LogP contribution in [-0.4, -0.2) is 9.91 Å². The Labute approximate surface area is 82.7 Å². The van der Waals surface area contributed by atoms with E-state index in [-0.39, 0.29) is 11.4 Å². The van der Waals surface area contributed by atoms with Crippen LogP contribution in [0.15, 0.2) is 12.1 Å². The maximum Gasteiger partial charge on any atom is 0.364 e. The molecule has 0 radical (unpaired) electrons. The van der Waals surface area contributed by atoms with Crippen molar-refractivity contribution < 1.29 is 13.7 Å². The summed E-state index contributed by atoms with van der Waals surface area (Å²) in [6.45, 7) is 0. The van der Waals surface area contributed by atoms with Crippen LogP contribution in [0.3, 0.4) is 0 Å². The zero-order chi connectivity index (χ0) is 10.7. The van der Waals surface area contributed by atoms with Crippen LogP contribution in [0.4, 0.5) is 14.6 Å². The van der Waals surface area contributed by atoms with Gasteiger partial charge in [-0.05, 0) is 21.5 Å². The SMILES string of the molecule is O=[N+]([O-])c1cc(CCl)cc(C(F)F)n1. The van der Waals surface area contributed by atoms with Gasteiger partial charge in [0.2, 0.25) is 5.69 Å². The molecule has 0 aliphatic rings. The second kappa shape index (κ2) is 4.28. The molecule has 0 saturated heterocycles. The summed E-state index contributed by atoms with van der Waals surface area (Å²) in [5, 5.41) is 10.3. The van der Waals surface area contributed by atoms with Crippen LogP contribution in [0.1, 0.15) is 17.7 Å². The normalized spacial score (nSPS) is 10.6. The lowest BCUT2D eigenvalue weighted by Gasteiger charge is -1.98. The lowest BCUT2D eigenvalue weighted by atomic mass is 10.2. The number of nitro groups is 1. The number of alkyl halides is 3. The van der Waals surface area contributed by atoms with Gasteiger partial charge in [-0.25, -0.2) is 8.78 Å². The second-order valence-electron chi connectivity index (χ2n) is 2.45. The van der Waals surface area contributed by atoms with Crippen LogP contribution >= 0.6 is 11.6 Å². The van der Waals surface area contributed by atoms with E-state index in [2.05, 4.69) is 4.98 Å². The maximum atomic E-state index is 12.2. The van der Waals surface area contributed by atoms with Gasteiger partial charge in [0.25, 0.3) is 0 Å². The van der Waals surface area contributed by atoms with E-state index in [1.54, 1.807) is 0 Å². The Morgan fingerprint density at radius 2 is 2.21 bits per heavy atom. The Balaban J connectivity index is 3.20. The Hall–Kier alpha value is -1.30. The summed E-state index contributed by atoms with van der Waals surface area (Å²) in [6, 6.07) is 2.11. The molecule has 1 aromatic rings. The van der Waals surface area contributed by atoms with E-state index < -0.39 is 22.9 Å². The van der Waals surface area contributed by atoms with Gasteiger partial charge >= 0.3 is 12.2 Å². The first-order valence-electron chi connectivity index (χ1n) is 3.54. The number of hydrogen-bond acceptors (Lipinski definition) is 3. The summed E-state index contributed by atoms with van der Waals surface area (Å²) in [5.74, 6) is -0.679. The summed E-state index contributed by atoms with van der Waals surface area (Å²) in [4.78, 5) is 12.6. The van der Waals surface area contributed by atoms with Crippen LogP contribution in [0.25, 0.3) is 0 Å². The number of pyridine rings is 1. The third-order valence-corrected chi connectivity index (χ3v) is 1.76. The van der Waals surface area contributed by atoms with E-state index in [0.29, 0.717) is 0 Å². The van der Waals surface area contributed by atoms with Crippen molar-refractivity contribution in [1.29, 1.82) is 0 Å². The molecule has 4 nitrogen and oxygen atoms in total. The number of aromatic nitrogens is 1. The van der Waals surface area contributed by atoms with Crippen molar-refractivity contribution in [3.8, 4) is 0 Å². The van der Waals surface area contributed by atoms with E-state index in [1.807, 2.05) is 0 Å². The van der Waals surface area contributed by atoms with Crippen LogP contribution in [0.5, 0.6) is 0 Å². The molecule has 0 unspecified atom stereocenters. The highest BCUT2D eigenvalue weighted by Gasteiger charge is 2.19. The zero-order valence-corrected chi connectivity index (χ0v) is 7.54. The minimum atomic E-state index is -2.84. The molecular weight excluding hydrogens is 218 g/mol. The molecule has 0 saturated carbocycles. The molecule has 1 rings (SSSR count). The van der Waals surface area contributed by atoms with Gasteiger partial charge in [-0.15, -0.1) is 11.6 Å². The van der Waals surface area contributed by atoms with Crippen LogP contribution in [-0.2, 0) is 5.88 Å². The fraction of sp³-hybridized carbons (Fsp3) is 0.286. The van der Waals surface area contributed by atoms with Crippen molar-refractivity contribution in [3.63, 3.8) is 0 Å². The molecular formula is C7H5ClF2N2O2. The fourth-order valence-electron chi connectivity index (χ4n) is 0.877. The molecule has 0 aliphatic carbocycles. The van der Waals surface area contributed by atoms with E-state index in [0.717, 1.165) is 12.1 Å². The van der Waals surface area contributed by atoms with Crippen molar-refractivity contribution >= 4 is 17.4 Å². The van der Waals surface area contributed by atoms with Gasteiger partial charge in [0, 0.05) is 11.9 Å². The Morgan fingerprint density at radius 1 is 1.57 bits per heavy atom. The second-order valence-corrected chi connectivity index (χ2v) is 2.72. The third kappa shape index (κ3) is 2.35. The molecule has 14 heavy (non-hydrogen) atoms. The minimum absolute atomic E-state index is 0.0664. The minimum Gasteiger partial charge on any atom is -0.358 e. The summed E-state index contributed by atoms with van der Waals surface area (Å²) in [7, 11) is 0. The van der Waals surface area contributed by atoms with E-state index in [4.69, 9.17) is 11.6 Å². The monoisotopic (exact) mass is 222 g/mol. The van der Waals surface area contributed by atoms with E-state index >= 15 is 0 Å². The lowest BCUT2D eigenvalue weighted by molar-refractivity contribution is -0.389. The van der Waals surface area contributed by atoms with E-state index in [1.165, 1.54) is 0 Å². The Kier molecular flexibility index (Phi) is 3.29. The highest BCUT2D eigenvalue weighted by Crippen LogP contribution is 2.22. The quantitative estimate of drug-likeness (QED) is 0.449. The molecule has 1 aromatic heterocycles. The van der Waals surface area contributed by atoms with E-state index in [9.17, 15) is 18.9 Å². The molecule has 76 valence electrons. The maximum absolute atomic E-state index is 12.2. The Morgan fingerprint density at radius 3 is 2.64 bits per heavy atom. The average Bonchev–Trinajstić information content (AvgIpc) is 2.16. The number of rotatable bonds is 3. The van der Waals surface area contributed by atoms with Crippen molar-refractivity contribution in [2.24, 2.45) is 0 Å². The molecule has 0 atom stereocenters. The molecule has 0 bridgehead atoms. The summed E-state index contributed by atoms with van der Waals surface area (Å²) < 4.78 is 24.4. The van der Waals surface area contributed by atoms with Gasteiger partial charge in [-0.3, -0.25) is 0 Å². The van der Waals surface area contributed by atoms with Crippen LogP contribution < -0.4 is 0 Å². The topological polar surface area (TPSA) is 56.0 Å². The molecule has 0 fully saturated rings. The van der Waals surface area contributed by atoms with Gasteiger partial charge in [0.05, 0.1) is 0 Å². The number of halogens is 3. The average molecular weight is 223 g/mol. The number of hydrogen-bond donors (Lipinski definition) is 0. The first kappa shape index (κ1) is 10.8. The van der Waals surface area contributed by atoms with Gasteiger partial charge in [-0.1, -0.05) is 0 Å². The smallest absolute Gasteiger partial charge is 0.358 e. The standard InChI is InChI=1S/C7H5ClF2N2O2/c8-3-4-1-5(7(9)10)11-6(2-4)12(13)14/h1-2,7H,3H2. The first-order chi connectivity index (χ1) is 6.54. The van der Waals surface area contributed by atoms with Crippen molar-refractivity contribution in [2.75, 3.05) is 0 Å². The van der Waals surface area contributed by atoms with Gasteiger partial charge in [0.15, 0.2) is 0 Å².